The molecular formula is C25H22BrNO5. The van der Waals surface area contributed by atoms with Gasteiger partial charge in [-0.3, -0.25) is 9.69 Å². The van der Waals surface area contributed by atoms with Crippen molar-refractivity contribution in [3.8, 4) is 11.5 Å². The number of nitrogens with zero attached hydrogens (tertiary/aromatic N) is 1. The Labute approximate surface area is 194 Å². The van der Waals surface area contributed by atoms with Gasteiger partial charge in [0.15, 0.2) is 0 Å². The molecule has 0 radical (unpaired) electrons. The van der Waals surface area contributed by atoms with Gasteiger partial charge in [-0.05, 0) is 41.5 Å². The summed E-state index contributed by atoms with van der Waals surface area (Å²) in [6.07, 6.45) is -0.191. The maximum Gasteiger partial charge on any atom is 0.410 e. The predicted octanol–water partition coefficient (Wildman–Crippen LogP) is 5.65. The number of rotatable bonds is 7. The molecular weight excluding hydrogens is 474 g/mol. The minimum Gasteiger partial charge on any atom is -0.469 e. The lowest BCUT2D eigenvalue weighted by atomic mass is 10.1. The molecule has 0 aromatic heterocycles. The lowest BCUT2D eigenvalue weighted by molar-refractivity contribution is -0.139. The molecule has 1 saturated heterocycles. The van der Waals surface area contributed by atoms with Crippen molar-refractivity contribution in [2.24, 2.45) is 0 Å². The van der Waals surface area contributed by atoms with Crippen LogP contribution in [-0.2, 0) is 27.2 Å². The number of hydrogen-bond donors (Lipinski definition) is 0. The largest absolute Gasteiger partial charge is 0.469 e. The summed E-state index contributed by atoms with van der Waals surface area (Å²) in [5.41, 5.74) is 2.64. The predicted molar refractivity (Wildman–Crippen MR) is 122 cm³/mol. The fourth-order valence-corrected chi connectivity index (χ4v) is 4.02. The van der Waals surface area contributed by atoms with E-state index in [1.807, 2.05) is 66.7 Å². The maximum absolute atomic E-state index is 12.5. The molecule has 7 heteroatoms. The van der Waals surface area contributed by atoms with E-state index in [1.54, 1.807) is 11.0 Å². The van der Waals surface area contributed by atoms with E-state index in [2.05, 4.69) is 15.9 Å². The van der Waals surface area contributed by atoms with Crippen LogP contribution in [0.15, 0.2) is 77.3 Å². The lowest BCUT2D eigenvalue weighted by Gasteiger charge is -2.23. The lowest BCUT2D eigenvalue weighted by Crippen LogP contribution is -2.27. The third-order valence-corrected chi connectivity index (χ3v) is 5.72. The number of ether oxygens (including phenoxy) is 3. The van der Waals surface area contributed by atoms with Crippen molar-refractivity contribution in [3.63, 3.8) is 0 Å². The number of carbonyl (C=O) groups is 2. The van der Waals surface area contributed by atoms with Crippen LogP contribution >= 0.6 is 15.9 Å². The highest BCUT2D eigenvalue weighted by Gasteiger charge is 2.34. The molecule has 1 amide bonds. The van der Waals surface area contributed by atoms with Crippen molar-refractivity contribution in [1.29, 1.82) is 0 Å². The molecule has 3 aromatic rings. The van der Waals surface area contributed by atoms with Crippen LogP contribution in [0, 0.1) is 0 Å². The van der Waals surface area contributed by atoms with E-state index >= 15 is 0 Å². The Morgan fingerprint density at radius 3 is 2.69 bits per heavy atom. The molecule has 0 bridgehead atoms. The minimum absolute atomic E-state index is 0.166. The van der Waals surface area contributed by atoms with E-state index in [0.29, 0.717) is 24.7 Å². The number of methoxy groups -OCH3 is 1. The zero-order valence-electron chi connectivity index (χ0n) is 17.5. The van der Waals surface area contributed by atoms with Gasteiger partial charge in [0, 0.05) is 10.0 Å². The summed E-state index contributed by atoms with van der Waals surface area (Å²) >= 11 is 3.51. The summed E-state index contributed by atoms with van der Waals surface area (Å²) < 4.78 is 17.1. The quantitative estimate of drug-likeness (QED) is 0.396. The molecule has 32 heavy (non-hydrogen) atoms. The van der Waals surface area contributed by atoms with Gasteiger partial charge in [-0.25, -0.2) is 4.79 Å². The molecule has 0 N–H and O–H groups in total. The molecule has 4 rings (SSSR count). The van der Waals surface area contributed by atoms with E-state index in [4.69, 9.17) is 14.2 Å². The molecule has 164 valence electrons. The Kier molecular flexibility index (Phi) is 6.75. The molecule has 1 fully saturated rings. The first kappa shape index (κ1) is 21.9. The van der Waals surface area contributed by atoms with E-state index in [0.717, 1.165) is 21.2 Å². The number of benzene rings is 3. The van der Waals surface area contributed by atoms with Crippen LogP contribution in [0.25, 0.3) is 0 Å². The van der Waals surface area contributed by atoms with Gasteiger partial charge in [-0.1, -0.05) is 58.4 Å². The van der Waals surface area contributed by atoms with Crippen molar-refractivity contribution >= 4 is 28.0 Å². The highest BCUT2D eigenvalue weighted by Crippen LogP contribution is 2.34. The number of cyclic esters (lactones) is 1. The molecule has 1 aliphatic heterocycles. The monoisotopic (exact) mass is 495 g/mol. The van der Waals surface area contributed by atoms with Gasteiger partial charge < -0.3 is 14.2 Å². The first-order chi connectivity index (χ1) is 15.5. The van der Waals surface area contributed by atoms with Crippen LogP contribution in [0.4, 0.5) is 4.79 Å². The summed E-state index contributed by atoms with van der Waals surface area (Å²) in [4.78, 5) is 25.8. The highest BCUT2D eigenvalue weighted by molar-refractivity contribution is 9.10. The number of amides is 1. The average Bonchev–Trinajstić information content (AvgIpc) is 3.16. The second-order valence-electron chi connectivity index (χ2n) is 7.39. The van der Waals surface area contributed by atoms with Gasteiger partial charge in [0.25, 0.3) is 0 Å². The SMILES string of the molecule is COC(=O)Cc1cccc(Oc2ccc(Br)cc2CN2C(=O)OCC2c2ccccc2)c1. The molecule has 0 aliphatic carbocycles. The average molecular weight is 496 g/mol. The Morgan fingerprint density at radius 1 is 1.09 bits per heavy atom. The van der Waals surface area contributed by atoms with Crippen LogP contribution in [0.5, 0.6) is 11.5 Å². The van der Waals surface area contributed by atoms with Crippen LogP contribution < -0.4 is 4.74 Å². The minimum atomic E-state index is -0.357. The summed E-state index contributed by atoms with van der Waals surface area (Å²) in [7, 11) is 1.36. The maximum atomic E-state index is 12.5. The fraction of sp³-hybridized carbons (Fsp3) is 0.200. The molecule has 6 nitrogen and oxygen atoms in total. The topological polar surface area (TPSA) is 65.1 Å². The van der Waals surface area contributed by atoms with E-state index in [1.165, 1.54) is 7.11 Å². The van der Waals surface area contributed by atoms with Crippen molar-refractivity contribution in [2.45, 2.75) is 19.0 Å². The molecule has 0 spiro atoms. The van der Waals surface area contributed by atoms with Crippen molar-refractivity contribution < 1.29 is 23.8 Å². The Morgan fingerprint density at radius 2 is 1.91 bits per heavy atom. The van der Waals surface area contributed by atoms with Crippen molar-refractivity contribution in [3.05, 3.63) is 94.0 Å². The summed E-state index contributed by atoms with van der Waals surface area (Å²) in [6.45, 7) is 0.637. The molecule has 1 aliphatic rings. The van der Waals surface area contributed by atoms with Gasteiger partial charge in [0.2, 0.25) is 0 Å². The molecule has 1 unspecified atom stereocenters. The number of hydrogen-bond acceptors (Lipinski definition) is 5. The number of esters is 1. The third-order valence-electron chi connectivity index (χ3n) is 5.23. The van der Waals surface area contributed by atoms with Gasteiger partial charge in [0.1, 0.15) is 18.1 Å². The van der Waals surface area contributed by atoms with Crippen LogP contribution in [0.3, 0.4) is 0 Å². The molecule has 3 aromatic carbocycles. The van der Waals surface area contributed by atoms with Crippen molar-refractivity contribution in [1.82, 2.24) is 4.90 Å². The zero-order valence-corrected chi connectivity index (χ0v) is 19.1. The van der Waals surface area contributed by atoms with E-state index in [9.17, 15) is 9.59 Å². The Hall–Kier alpha value is -3.32. The Balaban J connectivity index is 1.58. The van der Waals surface area contributed by atoms with Gasteiger partial charge in [-0.2, -0.15) is 0 Å². The van der Waals surface area contributed by atoms with Crippen LogP contribution in [0.1, 0.15) is 22.7 Å². The van der Waals surface area contributed by atoms with Gasteiger partial charge in [-0.15, -0.1) is 0 Å². The molecule has 0 saturated carbocycles. The second-order valence-corrected chi connectivity index (χ2v) is 8.30. The molecule has 1 atom stereocenters. The fourth-order valence-electron chi connectivity index (χ4n) is 3.62. The first-order valence-corrected chi connectivity index (χ1v) is 10.9. The smallest absolute Gasteiger partial charge is 0.410 e. The number of halogens is 1. The molecule has 1 heterocycles. The number of carbonyl (C=O) groups excluding carboxylic acids is 2. The van der Waals surface area contributed by atoms with Crippen LogP contribution in [0.2, 0.25) is 0 Å². The van der Waals surface area contributed by atoms with E-state index < -0.39 is 0 Å². The standard InChI is InChI=1S/C25H22BrNO5/c1-30-24(28)13-17-6-5-9-21(12-17)32-23-11-10-20(26)14-19(23)15-27-22(16-31-25(27)29)18-7-3-2-4-8-18/h2-12,14,22H,13,15-16H2,1H3. The zero-order chi connectivity index (χ0) is 22.5. The van der Waals surface area contributed by atoms with E-state index in [-0.39, 0.29) is 24.5 Å². The first-order valence-electron chi connectivity index (χ1n) is 10.1. The summed E-state index contributed by atoms with van der Waals surface area (Å²) in [6, 6.07) is 22.6. The van der Waals surface area contributed by atoms with Gasteiger partial charge in [0.05, 0.1) is 26.1 Å². The normalized spacial score (nSPS) is 15.4. The third kappa shape index (κ3) is 5.11. The summed E-state index contributed by atoms with van der Waals surface area (Å²) in [5, 5.41) is 0. The summed E-state index contributed by atoms with van der Waals surface area (Å²) in [5.74, 6) is 0.902. The van der Waals surface area contributed by atoms with Gasteiger partial charge >= 0.3 is 12.1 Å². The second kappa shape index (κ2) is 9.87. The van der Waals surface area contributed by atoms with Crippen molar-refractivity contribution in [2.75, 3.05) is 13.7 Å². The highest BCUT2D eigenvalue weighted by atomic mass is 79.9. The van der Waals surface area contributed by atoms with Crippen LogP contribution in [-0.4, -0.2) is 30.7 Å². The Bertz CT molecular complexity index is 1120.